The zero-order valence-electron chi connectivity index (χ0n) is 5.11. The second kappa shape index (κ2) is 1.54. The molecule has 1 rings (SSSR count). The molecule has 0 bridgehead atoms. The predicted molar refractivity (Wildman–Crippen MR) is 43.7 cm³/mol. The highest BCUT2D eigenvalue weighted by atomic mass is 32.2. The molecule has 0 amide bonds. The first-order chi connectivity index (χ1) is 3.69. The van der Waals surface area contributed by atoms with Crippen molar-refractivity contribution in [3.8, 4) is 0 Å². The lowest BCUT2D eigenvalue weighted by molar-refractivity contribution is 1.21. The Bertz CT molecular complexity index is 256. The van der Waals surface area contributed by atoms with Crippen LogP contribution in [0.3, 0.4) is 0 Å². The van der Waals surface area contributed by atoms with Gasteiger partial charge in [0, 0.05) is 5.41 Å². The molecule has 1 unspecified atom stereocenters. The number of rotatable bonds is 2. The van der Waals surface area contributed by atoms with Crippen molar-refractivity contribution >= 4 is 20.1 Å². The molecule has 1 heteroatoms. The Morgan fingerprint density at radius 2 is 2.38 bits per heavy atom. The summed E-state index contributed by atoms with van der Waals surface area (Å²) in [6.07, 6.45) is 1.04. The molecule has 1 aliphatic rings. The minimum atomic E-state index is -0.822. The van der Waals surface area contributed by atoms with Crippen LogP contribution in [0.25, 0.3) is 0 Å². The van der Waals surface area contributed by atoms with Crippen LogP contribution in [-0.4, -0.2) is 10.9 Å². The summed E-state index contributed by atoms with van der Waals surface area (Å²) in [6, 6.07) is 0. The molecule has 0 radical (unpaired) electrons. The Labute approximate surface area is 51.0 Å². The van der Waals surface area contributed by atoms with Gasteiger partial charge in [-0.05, 0) is 11.3 Å². The molecule has 0 aromatic carbocycles. The Morgan fingerprint density at radius 3 is 2.50 bits per heavy atom. The van der Waals surface area contributed by atoms with Crippen LogP contribution in [0.1, 0.15) is 13.3 Å². The van der Waals surface area contributed by atoms with Crippen LogP contribution < -0.4 is 0 Å². The smallest absolute Gasteiger partial charge is 0.0191 e. The summed E-state index contributed by atoms with van der Waals surface area (Å²) in [5, 5.41) is 5.15. The third kappa shape index (κ3) is 0.750. The van der Waals surface area contributed by atoms with Gasteiger partial charge < -0.3 is 0 Å². The van der Waals surface area contributed by atoms with Crippen molar-refractivity contribution in [2.45, 2.75) is 13.3 Å². The molecule has 0 aromatic rings. The van der Waals surface area contributed by atoms with E-state index in [1.165, 1.54) is 4.91 Å². The van der Waals surface area contributed by atoms with Crippen LogP contribution >= 0.6 is 9.21 Å². The summed E-state index contributed by atoms with van der Waals surface area (Å²) in [6.45, 7) is 5.99. The van der Waals surface area contributed by atoms with E-state index >= 15 is 0 Å². The van der Waals surface area contributed by atoms with Crippen molar-refractivity contribution in [1.82, 2.24) is 0 Å². The van der Waals surface area contributed by atoms with E-state index in [4.69, 9.17) is 0 Å². The Hall–Kier alpha value is -0.390. The summed E-state index contributed by atoms with van der Waals surface area (Å²) in [5.41, 5.74) is 0. The summed E-state index contributed by atoms with van der Waals surface area (Å²) in [4.78, 5) is 1.25. The second-order valence-electron chi connectivity index (χ2n) is 1.92. The number of hydrogen-bond acceptors (Lipinski definition) is 0. The molecule has 44 valence electrons. The highest BCUT2D eigenvalue weighted by Crippen LogP contribution is 2.40. The van der Waals surface area contributed by atoms with Gasteiger partial charge in [0.2, 0.25) is 0 Å². The molecular formula is C7H10S. The van der Waals surface area contributed by atoms with Gasteiger partial charge in [-0.1, -0.05) is 24.4 Å². The van der Waals surface area contributed by atoms with Crippen molar-refractivity contribution in [3.63, 3.8) is 0 Å². The molecule has 8 heavy (non-hydrogen) atoms. The van der Waals surface area contributed by atoms with Gasteiger partial charge in [0.1, 0.15) is 0 Å². The third-order valence-corrected chi connectivity index (χ3v) is 3.44. The molecular weight excluding hydrogens is 116 g/mol. The van der Waals surface area contributed by atoms with Crippen molar-refractivity contribution in [1.29, 1.82) is 0 Å². The van der Waals surface area contributed by atoms with E-state index in [1.54, 1.807) is 0 Å². The van der Waals surface area contributed by atoms with Crippen LogP contribution in [0.15, 0.2) is 16.9 Å². The van der Waals surface area contributed by atoms with E-state index in [0.29, 0.717) is 0 Å². The van der Waals surface area contributed by atoms with E-state index in [0.717, 1.165) is 6.42 Å². The zero-order valence-corrected chi connectivity index (χ0v) is 5.92. The van der Waals surface area contributed by atoms with E-state index in [9.17, 15) is 0 Å². The SMILES string of the molecule is C=C(CC)S1(=C)=C=C1. The van der Waals surface area contributed by atoms with Crippen LogP contribution in [0, 0.1) is 0 Å². The fourth-order valence-electron chi connectivity index (χ4n) is 0.482. The standard InChI is InChI=1S/C7H10S/c1-4-7(2)8(3)5-6-8/h5H,2-4H2,1H3. The zero-order chi connectivity index (χ0) is 6.20. The summed E-state index contributed by atoms with van der Waals surface area (Å²) < 4.78 is 0. The van der Waals surface area contributed by atoms with Crippen molar-refractivity contribution in [2.75, 3.05) is 0 Å². The number of allylic oxidation sites excluding steroid dienone is 1. The molecule has 1 heterocycles. The summed E-state index contributed by atoms with van der Waals surface area (Å²) >= 11 is 0. The lowest BCUT2D eigenvalue weighted by Gasteiger charge is -1.97. The molecule has 0 aliphatic carbocycles. The van der Waals surface area contributed by atoms with E-state index in [-0.39, 0.29) is 0 Å². The first kappa shape index (κ1) is 5.74. The Balaban J connectivity index is 2.79. The average Bonchev–Trinajstić information content (AvgIpc) is 2.47. The maximum Gasteiger partial charge on any atom is 0.0191 e. The quantitative estimate of drug-likeness (QED) is 0.497. The molecule has 0 saturated carbocycles. The van der Waals surface area contributed by atoms with Gasteiger partial charge in [0.15, 0.2) is 0 Å². The van der Waals surface area contributed by atoms with Crippen LogP contribution in [-0.2, 0) is 0 Å². The Kier molecular flexibility index (Phi) is 1.11. The van der Waals surface area contributed by atoms with Gasteiger partial charge in [-0.15, -0.1) is 9.21 Å². The van der Waals surface area contributed by atoms with E-state index in [1.807, 2.05) is 5.41 Å². The Morgan fingerprint density at radius 1 is 1.88 bits per heavy atom. The third-order valence-electron chi connectivity index (χ3n) is 1.31. The topological polar surface area (TPSA) is 0 Å². The molecule has 1 aliphatic heterocycles. The van der Waals surface area contributed by atoms with Crippen molar-refractivity contribution in [3.05, 3.63) is 16.9 Å². The molecule has 0 nitrogen and oxygen atoms in total. The lowest BCUT2D eigenvalue weighted by Crippen LogP contribution is -1.67. The normalized spacial score (nSPS) is 31.6. The second-order valence-corrected chi connectivity index (χ2v) is 4.56. The lowest BCUT2D eigenvalue weighted by atomic mass is 10.5. The average molecular weight is 126 g/mol. The van der Waals surface area contributed by atoms with Gasteiger partial charge in [-0.2, -0.15) is 0 Å². The molecule has 1 atom stereocenters. The molecule has 0 aromatic heterocycles. The molecule has 0 saturated heterocycles. The summed E-state index contributed by atoms with van der Waals surface area (Å²) in [7, 11) is -0.822. The minimum absolute atomic E-state index is 0.822. The number of hydrogen-bond donors (Lipinski definition) is 0. The van der Waals surface area contributed by atoms with Crippen LogP contribution in [0.5, 0.6) is 0 Å². The van der Waals surface area contributed by atoms with Gasteiger partial charge in [-0.3, -0.25) is 0 Å². The minimum Gasteiger partial charge on any atom is -0.119 e. The van der Waals surface area contributed by atoms with Crippen LogP contribution in [0.2, 0.25) is 0 Å². The van der Waals surface area contributed by atoms with E-state index in [2.05, 4.69) is 24.4 Å². The van der Waals surface area contributed by atoms with Crippen LogP contribution in [0.4, 0.5) is 0 Å². The molecule has 0 spiro atoms. The maximum absolute atomic E-state index is 3.97. The van der Waals surface area contributed by atoms with Gasteiger partial charge in [0.25, 0.3) is 0 Å². The predicted octanol–water partition coefficient (Wildman–Crippen LogP) is 2.08. The summed E-state index contributed by atoms with van der Waals surface area (Å²) in [5.74, 6) is 3.97. The molecule has 0 fully saturated rings. The van der Waals surface area contributed by atoms with E-state index < -0.39 is 9.21 Å². The fourth-order valence-corrected chi connectivity index (χ4v) is 1.80. The highest BCUT2D eigenvalue weighted by Gasteiger charge is 2.04. The van der Waals surface area contributed by atoms with Gasteiger partial charge in [-0.25, -0.2) is 0 Å². The van der Waals surface area contributed by atoms with Crippen molar-refractivity contribution in [2.24, 2.45) is 0 Å². The highest BCUT2D eigenvalue weighted by molar-refractivity contribution is 8.38. The largest absolute Gasteiger partial charge is 0.119 e. The maximum atomic E-state index is 3.97. The van der Waals surface area contributed by atoms with Gasteiger partial charge in [0.05, 0.1) is 0 Å². The van der Waals surface area contributed by atoms with Crippen molar-refractivity contribution < 1.29 is 0 Å². The fraction of sp³-hybridized carbons (Fsp3) is 0.286. The first-order valence-corrected chi connectivity index (χ1v) is 4.50. The monoisotopic (exact) mass is 126 g/mol. The first-order valence-electron chi connectivity index (χ1n) is 2.64. The molecule has 0 N–H and O–H groups in total. The van der Waals surface area contributed by atoms with Gasteiger partial charge >= 0.3 is 0 Å².